The van der Waals surface area contributed by atoms with Crippen LogP contribution in [0.2, 0.25) is 0 Å². The van der Waals surface area contributed by atoms with Crippen molar-refractivity contribution in [2.45, 2.75) is 18.1 Å². The summed E-state index contributed by atoms with van der Waals surface area (Å²) in [4.78, 5) is 15.2. The fraction of sp³-hybridized carbons (Fsp3) is 0.273. The number of pyridine rings is 1. The van der Waals surface area contributed by atoms with Crippen LogP contribution in [0.5, 0.6) is 0 Å². The number of nitrogens with two attached hydrogens (primary N) is 1. The van der Waals surface area contributed by atoms with Crippen molar-refractivity contribution in [3.05, 3.63) is 29.6 Å². The van der Waals surface area contributed by atoms with Gasteiger partial charge in [0.2, 0.25) is 0 Å². The van der Waals surface area contributed by atoms with Gasteiger partial charge in [0.05, 0.1) is 0 Å². The average molecular weight is 289 g/mol. The summed E-state index contributed by atoms with van der Waals surface area (Å²) >= 11 is 1.10. The van der Waals surface area contributed by atoms with Crippen LogP contribution in [0.4, 0.5) is 13.2 Å². The summed E-state index contributed by atoms with van der Waals surface area (Å²) in [6.45, 7) is 1.77. The Hall–Kier alpha value is -1.70. The minimum Gasteiger partial charge on any atom is -0.364 e. The van der Waals surface area contributed by atoms with Gasteiger partial charge in [-0.05, 0) is 17.9 Å². The van der Waals surface area contributed by atoms with E-state index >= 15 is 0 Å². The number of nitrogens with zero attached hydrogens (tertiary/aromatic N) is 2. The van der Waals surface area contributed by atoms with Crippen LogP contribution in [0.3, 0.4) is 0 Å². The van der Waals surface area contributed by atoms with Crippen LogP contribution in [0.25, 0.3) is 5.65 Å². The summed E-state index contributed by atoms with van der Waals surface area (Å²) < 4.78 is 39.8. The van der Waals surface area contributed by atoms with E-state index in [0.717, 1.165) is 22.2 Å². The third kappa shape index (κ3) is 2.40. The van der Waals surface area contributed by atoms with Gasteiger partial charge >= 0.3 is 6.18 Å². The zero-order valence-corrected chi connectivity index (χ0v) is 10.7. The first-order valence-electron chi connectivity index (χ1n) is 5.37. The number of aromatic nitrogens is 2. The Labute approximate surface area is 110 Å². The van der Waals surface area contributed by atoms with Crippen molar-refractivity contribution in [2.75, 3.05) is 5.75 Å². The fourth-order valence-corrected chi connectivity index (χ4v) is 2.60. The maximum absolute atomic E-state index is 13.0. The van der Waals surface area contributed by atoms with Crippen molar-refractivity contribution in [3.8, 4) is 0 Å². The van der Waals surface area contributed by atoms with Crippen LogP contribution >= 0.6 is 11.8 Å². The van der Waals surface area contributed by atoms with Gasteiger partial charge in [-0.25, -0.2) is 4.98 Å². The third-order valence-corrected chi connectivity index (χ3v) is 3.34. The summed E-state index contributed by atoms with van der Waals surface area (Å²) in [7, 11) is 0. The lowest BCUT2D eigenvalue weighted by molar-refractivity contribution is -0.142. The molecule has 19 heavy (non-hydrogen) atoms. The lowest BCUT2D eigenvalue weighted by Crippen LogP contribution is -2.14. The van der Waals surface area contributed by atoms with Gasteiger partial charge in [0.25, 0.3) is 5.91 Å². The predicted molar refractivity (Wildman–Crippen MR) is 65.1 cm³/mol. The Kier molecular flexibility index (Phi) is 3.44. The summed E-state index contributed by atoms with van der Waals surface area (Å²) in [5.41, 5.74) is 4.20. The van der Waals surface area contributed by atoms with E-state index in [1.807, 2.05) is 0 Å². The highest BCUT2D eigenvalue weighted by molar-refractivity contribution is 7.99. The molecule has 0 bridgehead atoms. The number of thioether (sulfide) groups is 1. The normalized spacial score (nSPS) is 12.0. The zero-order valence-electron chi connectivity index (χ0n) is 9.86. The summed E-state index contributed by atoms with van der Waals surface area (Å²) in [5, 5.41) is 0.123. The van der Waals surface area contributed by atoms with Gasteiger partial charge in [-0.1, -0.05) is 13.0 Å². The molecule has 102 valence electrons. The maximum atomic E-state index is 13.0. The number of primary amides is 1. The number of imidazole rings is 1. The van der Waals surface area contributed by atoms with E-state index < -0.39 is 17.8 Å². The molecule has 0 saturated carbocycles. The Bertz CT molecular complexity index is 636. The van der Waals surface area contributed by atoms with Crippen molar-refractivity contribution in [1.29, 1.82) is 0 Å². The van der Waals surface area contributed by atoms with Gasteiger partial charge in [0, 0.05) is 0 Å². The number of carbonyl (C=O) groups is 1. The molecule has 1 amide bonds. The smallest absolute Gasteiger partial charge is 0.364 e. The molecule has 0 atom stereocenters. The first-order chi connectivity index (χ1) is 8.86. The molecule has 2 heterocycles. The number of halogens is 3. The van der Waals surface area contributed by atoms with Crippen LogP contribution in [0.1, 0.15) is 23.1 Å². The lowest BCUT2D eigenvalue weighted by Gasteiger charge is -2.11. The van der Waals surface area contributed by atoms with E-state index in [0.29, 0.717) is 5.75 Å². The Morgan fingerprint density at radius 2 is 2.16 bits per heavy atom. The number of fused-ring (bicyclic) bond motifs is 1. The highest BCUT2D eigenvalue weighted by Gasteiger charge is 2.35. The van der Waals surface area contributed by atoms with Crippen molar-refractivity contribution >= 4 is 23.3 Å². The minimum atomic E-state index is -4.53. The summed E-state index contributed by atoms with van der Waals surface area (Å²) in [6, 6.07) is 3.59. The van der Waals surface area contributed by atoms with E-state index in [9.17, 15) is 18.0 Å². The predicted octanol–water partition coefficient (Wildman–Crippen LogP) is 2.56. The van der Waals surface area contributed by atoms with Crippen molar-refractivity contribution in [1.82, 2.24) is 9.38 Å². The number of alkyl halides is 3. The molecule has 0 fully saturated rings. The minimum absolute atomic E-state index is 0.0552. The molecule has 2 aromatic heterocycles. The first kappa shape index (κ1) is 13.7. The molecule has 4 nitrogen and oxygen atoms in total. The molecule has 0 radical (unpaired) electrons. The number of hydrogen-bond acceptors (Lipinski definition) is 3. The van der Waals surface area contributed by atoms with Crippen LogP contribution in [0.15, 0.2) is 23.2 Å². The summed E-state index contributed by atoms with van der Waals surface area (Å²) in [6.07, 6.45) is -4.53. The molecule has 0 spiro atoms. The third-order valence-electron chi connectivity index (χ3n) is 2.41. The summed E-state index contributed by atoms with van der Waals surface area (Å²) in [5.74, 6) is -0.340. The number of carbonyl (C=O) groups excluding carboxylic acids is 1. The molecular formula is C11H10F3N3OS. The van der Waals surface area contributed by atoms with Gasteiger partial charge in [0.1, 0.15) is 16.4 Å². The highest BCUT2D eigenvalue weighted by atomic mass is 32.2. The highest BCUT2D eigenvalue weighted by Crippen LogP contribution is 2.33. The molecule has 0 aliphatic carbocycles. The van der Waals surface area contributed by atoms with E-state index in [-0.39, 0.29) is 16.4 Å². The average Bonchev–Trinajstić information content (AvgIpc) is 2.67. The van der Waals surface area contributed by atoms with Crippen LogP contribution in [0, 0.1) is 0 Å². The molecule has 2 aromatic rings. The van der Waals surface area contributed by atoms with Gasteiger partial charge in [-0.3, -0.25) is 9.20 Å². The van der Waals surface area contributed by atoms with Crippen LogP contribution < -0.4 is 5.73 Å². The quantitative estimate of drug-likeness (QED) is 0.883. The van der Waals surface area contributed by atoms with Crippen LogP contribution in [-0.2, 0) is 6.18 Å². The Balaban J connectivity index is 2.83. The largest absolute Gasteiger partial charge is 0.431 e. The second kappa shape index (κ2) is 4.76. The molecule has 0 aromatic carbocycles. The molecule has 0 unspecified atom stereocenters. The fourth-order valence-electron chi connectivity index (χ4n) is 1.72. The first-order valence-corrected chi connectivity index (χ1v) is 6.36. The molecule has 2 N–H and O–H groups in total. The molecule has 0 aliphatic rings. The van der Waals surface area contributed by atoms with Gasteiger partial charge in [0.15, 0.2) is 5.69 Å². The topological polar surface area (TPSA) is 60.4 Å². The molecule has 8 heteroatoms. The number of hydrogen-bond donors (Lipinski definition) is 1. The van der Waals surface area contributed by atoms with Gasteiger partial charge in [-0.2, -0.15) is 13.2 Å². The monoisotopic (exact) mass is 289 g/mol. The molecule has 2 rings (SSSR count). The van der Waals surface area contributed by atoms with E-state index in [4.69, 9.17) is 5.73 Å². The van der Waals surface area contributed by atoms with E-state index in [1.165, 1.54) is 12.1 Å². The Morgan fingerprint density at radius 3 is 2.68 bits per heavy atom. The number of rotatable bonds is 3. The second-order valence-electron chi connectivity index (χ2n) is 3.67. The molecular weight excluding hydrogens is 279 g/mol. The second-order valence-corrected chi connectivity index (χ2v) is 4.92. The lowest BCUT2D eigenvalue weighted by atomic mass is 10.3. The number of amides is 1. The van der Waals surface area contributed by atoms with Gasteiger partial charge in [-0.15, -0.1) is 11.8 Å². The van der Waals surface area contributed by atoms with Gasteiger partial charge < -0.3 is 5.73 Å². The Morgan fingerprint density at radius 1 is 1.47 bits per heavy atom. The zero-order chi connectivity index (χ0) is 14.2. The molecule has 0 saturated heterocycles. The maximum Gasteiger partial charge on any atom is 0.431 e. The van der Waals surface area contributed by atoms with E-state index in [1.54, 1.807) is 6.92 Å². The SMILES string of the molecule is CCSc1c(C(N)=O)nc2cccc(C(F)(F)F)n12. The van der Waals surface area contributed by atoms with Crippen molar-refractivity contribution < 1.29 is 18.0 Å². The van der Waals surface area contributed by atoms with Crippen molar-refractivity contribution in [2.24, 2.45) is 5.73 Å². The van der Waals surface area contributed by atoms with E-state index in [2.05, 4.69) is 4.98 Å². The molecule has 0 aliphatic heterocycles. The van der Waals surface area contributed by atoms with Crippen molar-refractivity contribution in [3.63, 3.8) is 0 Å². The van der Waals surface area contributed by atoms with Crippen LogP contribution in [-0.4, -0.2) is 21.0 Å². The standard InChI is InChI=1S/C11H10F3N3OS/c1-2-19-10-8(9(15)18)16-7-5-3-4-6(17(7)10)11(12,13)14/h3-5H,2H2,1H3,(H2,15,18).